The Morgan fingerprint density at radius 2 is 1.53 bits per heavy atom. The summed E-state index contributed by atoms with van der Waals surface area (Å²) in [6.45, 7) is 3.19. The smallest absolute Gasteiger partial charge is 0.369 e. The fourth-order valence-electron chi connectivity index (χ4n) is 5.11. The van der Waals surface area contributed by atoms with E-state index in [-0.39, 0.29) is 6.29 Å². The maximum absolute atomic E-state index is 13.3. The second kappa shape index (κ2) is 9.95. The van der Waals surface area contributed by atoms with Gasteiger partial charge in [-0.3, -0.25) is 14.9 Å². The largest absolute Gasteiger partial charge is 0.416 e. The van der Waals surface area contributed by atoms with Crippen LogP contribution in [0.15, 0.2) is 102 Å². The molecule has 3 aromatic carbocycles. The third-order valence-corrected chi connectivity index (χ3v) is 7.08. The quantitative estimate of drug-likeness (QED) is 0.321. The first kappa shape index (κ1) is 24.2. The van der Waals surface area contributed by atoms with E-state index in [9.17, 15) is 13.2 Å². The number of nitrogens with zero attached hydrogens (tertiary/aromatic N) is 5. The highest BCUT2D eigenvalue weighted by atomic mass is 19.4. The van der Waals surface area contributed by atoms with Crippen molar-refractivity contribution in [1.82, 2.24) is 9.88 Å². The number of halogens is 3. The van der Waals surface area contributed by atoms with E-state index >= 15 is 0 Å². The Labute approximate surface area is 219 Å². The summed E-state index contributed by atoms with van der Waals surface area (Å²) in [5.74, 6) is 0. The van der Waals surface area contributed by atoms with Crippen molar-refractivity contribution in [2.75, 3.05) is 36.0 Å². The number of piperazine rings is 1. The highest BCUT2D eigenvalue weighted by Crippen LogP contribution is 2.36. The van der Waals surface area contributed by atoms with Gasteiger partial charge in [0.1, 0.15) is 0 Å². The molecule has 1 aromatic heterocycles. The molecule has 5 nitrogen and oxygen atoms in total. The van der Waals surface area contributed by atoms with Crippen molar-refractivity contribution in [3.05, 3.63) is 108 Å². The van der Waals surface area contributed by atoms with E-state index in [0.29, 0.717) is 5.69 Å². The molecule has 1 atom stereocenters. The van der Waals surface area contributed by atoms with Crippen LogP contribution in [0, 0.1) is 0 Å². The van der Waals surface area contributed by atoms with Crippen LogP contribution in [0.4, 0.5) is 24.5 Å². The van der Waals surface area contributed by atoms with Crippen LogP contribution in [0.1, 0.15) is 11.1 Å². The van der Waals surface area contributed by atoms with Crippen molar-refractivity contribution in [2.45, 2.75) is 12.5 Å². The van der Waals surface area contributed by atoms with Gasteiger partial charge in [-0.05, 0) is 54.6 Å². The minimum Gasteiger partial charge on any atom is -0.369 e. The summed E-state index contributed by atoms with van der Waals surface area (Å²) >= 11 is 0. The average molecular weight is 514 g/mol. The number of hydrogen-bond acceptors (Lipinski definition) is 5. The first-order valence-corrected chi connectivity index (χ1v) is 12.6. The van der Waals surface area contributed by atoms with Gasteiger partial charge in [0.15, 0.2) is 6.29 Å². The molecular formula is C30H26F3N5. The van der Waals surface area contributed by atoms with E-state index in [1.165, 1.54) is 17.8 Å². The molecule has 192 valence electrons. The Kier molecular flexibility index (Phi) is 6.33. The van der Waals surface area contributed by atoms with E-state index in [2.05, 4.69) is 26.9 Å². The lowest BCUT2D eigenvalue weighted by Gasteiger charge is -2.45. The number of benzene rings is 3. The number of fused-ring (bicyclic) bond motifs is 1. The number of aliphatic imine (C=N–C) groups is 1. The molecule has 0 bridgehead atoms. The third kappa shape index (κ3) is 4.75. The molecule has 38 heavy (non-hydrogen) atoms. The normalized spacial score (nSPS) is 18.6. The lowest BCUT2D eigenvalue weighted by Crippen LogP contribution is -2.55. The first-order chi connectivity index (χ1) is 18.5. The lowest BCUT2D eigenvalue weighted by molar-refractivity contribution is -0.137. The molecular weight excluding hydrogens is 487 g/mol. The van der Waals surface area contributed by atoms with Gasteiger partial charge in [0.25, 0.3) is 0 Å². The number of allylic oxidation sites excluding steroid dienone is 1. The number of hydrogen-bond donors (Lipinski definition) is 0. The molecule has 1 unspecified atom stereocenters. The summed E-state index contributed by atoms with van der Waals surface area (Å²) in [5, 5.41) is 1.02. The Balaban J connectivity index is 1.34. The van der Waals surface area contributed by atoms with Crippen molar-refractivity contribution in [3.63, 3.8) is 0 Å². The summed E-state index contributed by atoms with van der Waals surface area (Å²) in [6.07, 6.45) is 0.689. The highest BCUT2D eigenvalue weighted by molar-refractivity contribution is 5.95. The van der Waals surface area contributed by atoms with Crippen LogP contribution in [0.3, 0.4) is 0 Å². The van der Waals surface area contributed by atoms with Crippen molar-refractivity contribution in [1.29, 1.82) is 0 Å². The van der Waals surface area contributed by atoms with Crippen LogP contribution in [0.2, 0.25) is 0 Å². The Bertz CT molecular complexity index is 1470. The zero-order valence-corrected chi connectivity index (χ0v) is 20.6. The van der Waals surface area contributed by atoms with Crippen LogP contribution >= 0.6 is 0 Å². The van der Waals surface area contributed by atoms with Gasteiger partial charge in [0, 0.05) is 60.9 Å². The van der Waals surface area contributed by atoms with Crippen LogP contribution in [-0.2, 0) is 6.18 Å². The van der Waals surface area contributed by atoms with Crippen molar-refractivity contribution in [2.24, 2.45) is 4.99 Å². The number of alkyl halides is 3. The van der Waals surface area contributed by atoms with Gasteiger partial charge < -0.3 is 9.80 Å². The lowest BCUT2D eigenvalue weighted by atomic mass is 10.0. The van der Waals surface area contributed by atoms with Gasteiger partial charge >= 0.3 is 6.18 Å². The number of anilines is 2. The molecule has 0 saturated carbocycles. The summed E-state index contributed by atoms with van der Waals surface area (Å²) in [7, 11) is 0. The van der Waals surface area contributed by atoms with Crippen molar-refractivity contribution in [3.8, 4) is 0 Å². The minimum atomic E-state index is -4.39. The van der Waals surface area contributed by atoms with Gasteiger partial charge in [-0.1, -0.05) is 36.4 Å². The van der Waals surface area contributed by atoms with E-state index in [0.717, 1.165) is 60.5 Å². The van der Waals surface area contributed by atoms with Gasteiger partial charge in [0.2, 0.25) is 0 Å². The highest BCUT2D eigenvalue weighted by Gasteiger charge is 2.34. The molecule has 4 aromatic rings. The standard InChI is InChI=1S/C30H26F3N5/c31-30(32,33)24-10-12-26(13-11-24)38-28(23-9-8-22-5-4-15-34-27(22)21-23)14-16-35-29(38)37-19-17-36(18-20-37)25-6-2-1-3-7-25/h1-16,21,29H,17-20H2. The summed E-state index contributed by atoms with van der Waals surface area (Å²) in [6, 6.07) is 25.6. The molecule has 0 aliphatic carbocycles. The number of pyridine rings is 1. The second-order valence-electron chi connectivity index (χ2n) is 9.38. The molecule has 0 amide bonds. The summed E-state index contributed by atoms with van der Waals surface area (Å²) in [5.41, 5.74) is 3.81. The minimum absolute atomic E-state index is 0.385. The van der Waals surface area contributed by atoms with E-state index in [1.54, 1.807) is 12.4 Å². The summed E-state index contributed by atoms with van der Waals surface area (Å²) in [4.78, 5) is 16.0. The molecule has 2 aliphatic rings. The molecule has 1 saturated heterocycles. The summed E-state index contributed by atoms with van der Waals surface area (Å²) < 4.78 is 40.0. The second-order valence-corrected chi connectivity index (χ2v) is 9.38. The number of rotatable bonds is 4. The van der Waals surface area contributed by atoms with E-state index in [1.807, 2.05) is 59.5 Å². The molecule has 1 fully saturated rings. The average Bonchev–Trinajstić information content (AvgIpc) is 2.97. The van der Waals surface area contributed by atoms with E-state index < -0.39 is 11.7 Å². The Hall–Kier alpha value is -4.17. The van der Waals surface area contributed by atoms with Crippen molar-refractivity contribution >= 4 is 34.2 Å². The predicted molar refractivity (Wildman–Crippen MR) is 146 cm³/mol. The fourth-order valence-corrected chi connectivity index (χ4v) is 5.11. The zero-order valence-electron chi connectivity index (χ0n) is 20.6. The number of para-hydroxylation sites is 1. The monoisotopic (exact) mass is 513 g/mol. The van der Waals surface area contributed by atoms with Crippen LogP contribution in [0.5, 0.6) is 0 Å². The maximum atomic E-state index is 13.3. The zero-order chi connectivity index (χ0) is 26.1. The number of aromatic nitrogens is 1. The first-order valence-electron chi connectivity index (χ1n) is 12.6. The maximum Gasteiger partial charge on any atom is 0.416 e. The van der Waals surface area contributed by atoms with Gasteiger partial charge in [-0.25, -0.2) is 0 Å². The predicted octanol–water partition coefficient (Wildman–Crippen LogP) is 6.29. The molecule has 0 N–H and O–H groups in total. The van der Waals surface area contributed by atoms with Crippen LogP contribution in [0.25, 0.3) is 16.6 Å². The molecule has 2 aliphatic heterocycles. The van der Waals surface area contributed by atoms with Gasteiger partial charge in [0.05, 0.1) is 16.8 Å². The van der Waals surface area contributed by atoms with Crippen LogP contribution < -0.4 is 9.80 Å². The molecule has 0 radical (unpaired) electrons. The SMILES string of the molecule is FC(F)(F)c1ccc(N2C(c3ccc4cccnc4c3)=CC=NC2N2CCN(c3ccccc3)CC2)cc1. The third-order valence-electron chi connectivity index (χ3n) is 7.08. The topological polar surface area (TPSA) is 35.0 Å². The molecule has 3 heterocycles. The molecule has 0 spiro atoms. The molecule has 8 heteroatoms. The van der Waals surface area contributed by atoms with Crippen LogP contribution in [-0.4, -0.2) is 48.6 Å². The Morgan fingerprint density at radius 1 is 0.763 bits per heavy atom. The van der Waals surface area contributed by atoms with E-state index in [4.69, 9.17) is 4.99 Å². The fraction of sp³-hybridized carbons (Fsp3) is 0.200. The van der Waals surface area contributed by atoms with Gasteiger partial charge in [-0.2, -0.15) is 13.2 Å². The van der Waals surface area contributed by atoms with Crippen molar-refractivity contribution < 1.29 is 13.2 Å². The molecule has 6 rings (SSSR count). The van der Waals surface area contributed by atoms with Gasteiger partial charge in [-0.15, -0.1) is 0 Å². The Morgan fingerprint density at radius 3 is 2.26 bits per heavy atom.